The van der Waals surface area contributed by atoms with Crippen LogP contribution in [0.1, 0.15) is 5.56 Å². The molecule has 0 radical (unpaired) electrons. The van der Waals surface area contributed by atoms with Crippen LogP contribution < -0.4 is 0 Å². The Morgan fingerprint density at radius 1 is 1.18 bits per heavy atom. The summed E-state index contributed by atoms with van der Waals surface area (Å²) in [6.07, 6.45) is 1.87. The summed E-state index contributed by atoms with van der Waals surface area (Å²) in [5.74, 6) is 0. The van der Waals surface area contributed by atoms with Crippen LogP contribution in [0.5, 0.6) is 0 Å². The smallest absolute Gasteiger partial charge is 0.00143 e. The van der Waals surface area contributed by atoms with Crippen LogP contribution in [-0.2, 0) is 0 Å². The maximum atomic E-state index is 3.73. The summed E-state index contributed by atoms with van der Waals surface area (Å²) in [7, 11) is 0. The van der Waals surface area contributed by atoms with Crippen molar-refractivity contribution in [1.29, 1.82) is 0 Å². The largest absolute Gasteiger partial charge is 0.151 e. The molecule has 0 saturated carbocycles. The summed E-state index contributed by atoms with van der Waals surface area (Å²) >= 11 is 1.74. The zero-order chi connectivity index (χ0) is 7.68. The predicted octanol–water partition coefficient (Wildman–Crippen LogP) is 3.54. The van der Waals surface area contributed by atoms with Crippen LogP contribution in [0.4, 0.5) is 0 Å². The van der Waals surface area contributed by atoms with Gasteiger partial charge in [0.15, 0.2) is 0 Å². The first-order valence-electron chi connectivity index (χ1n) is 3.48. The molecule has 0 aliphatic heterocycles. The van der Waals surface area contributed by atoms with E-state index < -0.39 is 0 Å². The van der Waals surface area contributed by atoms with E-state index in [0.29, 0.717) is 0 Å². The van der Waals surface area contributed by atoms with Crippen molar-refractivity contribution in [1.82, 2.24) is 0 Å². The molecule has 0 fully saturated rings. The first-order valence-corrected chi connectivity index (χ1v) is 4.43. The number of hydrogen-bond acceptors (Lipinski definition) is 1. The third-order valence-corrected chi connectivity index (χ3v) is 2.52. The quantitative estimate of drug-likeness (QED) is 0.598. The monoisotopic (exact) mass is 160 g/mol. The second kappa shape index (κ2) is 2.51. The molecule has 0 unspecified atom stereocenters. The number of hydrogen-bond donors (Lipinski definition) is 0. The summed E-state index contributed by atoms with van der Waals surface area (Å²) in [4.78, 5) is 0. The molecule has 1 heteroatoms. The van der Waals surface area contributed by atoms with Gasteiger partial charge >= 0.3 is 0 Å². The van der Waals surface area contributed by atoms with Crippen molar-refractivity contribution in [3.05, 3.63) is 41.1 Å². The highest BCUT2D eigenvalue weighted by molar-refractivity contribution is 7.09. The van der Waals surface area contributed by atoms with Gasteiger partial charge in [-0.15, -0.1) is 0 Å². The fourth-order valence-electron chi connectivity index (χ4n) is 1.11. The molecule has 1 aromatic carbocycles. The first kappa shape index (κ1) is 6.62. The molecule has 0 amide bonds. The van der Waals surface area contributed by atoms with Crippen molar-refractivity contribution in [3.8, 4) is 0 Å². The van der Waals surface area contributed by atoms with Gasteiger partial charge in [0, 0.05) is 0 Å². The molecule has 0 aliphatic carbocycles. The van der Waals surface area contributed by atoms with Crippen molar-refractivity contribution in [3.63, 3.8) is 0 Å². The van der Waals surface area contributed by atoms with Gasteiger partial charge in [0.2, 0.25) is 0 Å². The maximum absolute atomic E-state index is 3.73. The topological polar surface area (TPSA) is 0 Å². The molecule has 0 aliphatic rings. The second-order valence-corrected chi connectivity index (χ2v) is 3.21. The Morgan fingerprint density at radius 3 is 2.82 bits per heavy atom. The number of fused-ring (bicyclic) bond motifs is 1. The molecule has 0 bridgehead atoms. The van der Waals surface area contributed by atoms with Gasteiger partial charge in [-0.3, -0.25) is 0 Å². The Balaban J connectivity index is 2.76. The van der Waals surface area contributed by atoms with Gasteiger partial charge in [0.05, 0.1) is 0 Å². The van der Waals surface area contributed by atoms with Gasteiger partial charge in [-0.05, 0) is 33.2 Å². The first-order chi connectivity index (χ1) is 5.40. The maximum Gasteiger partial charge on any atom is -0.00143 e. The van der Waals surface area contributed by atoms with E-state index in [-0.39, 0.29) is 0 Å². The summed E-state index contributed by atoms with van der Waals surface area (Å²) < 4.78 is 0. The number of rotatable bonds is 1. The fraction of sp³-hybridized carbons (Fsp3) is 0. The van der Waals surface area contributed by atoms with Crippen LogP contribution in [0.15, 0.2) is 35.5 Å². The van der Waals surface area contributed by atoms with Crippen molar-refractivity contribution in [2.45, 2.75) is 0 Å². The minimum Gasteiger partial charge on any atom is -0.151 e. The second-order valence-electron chi connectivity index (χ2n) is 2.46. The highest BCUT2D eigenvalue weighted by Gasteiger charge is 1.92. The summed E-state index contributed by atoms with van der Waals surface area (Å²) in [6.45, 7) is 3.73. The van der Waals surface area contributed by atoms with Gasteiger partial charge < -0.3 is 0 Å². The molecule has 2 rings (SSSR count). The Kier molecular flexibility index (Phi) is 1.51. The normalized spacial score (nSPS) is 10.2. The van der Waals surface area contributed by atoms with Crippen LogP contribution >= 0.6 is 11.3 Å². The Morgan fingerprint density at radius 2 is 2.00 bits per heavy atom. The molecular formula is C10H8S. The van der Waals surface area contributed by atoms with E-state index >= 15 is 0 Å². The predicted molar refractivity (Wildman–Crippen MR) is 51.9 cm³/mol. The standard InChI is InChI=1S/C10H8S/c1-2-8-3-4-9-6-11-7-10(9)5-8/h2-7H,1H2. The van der Waals surface area contributed by atoms with Crippen LogP contribution in [0.3, 0.4) is 0 Å². The molecule has 54 valence electrons. The third kappa shape index (κ3) is 1.08. The molecule has 2 aromatic rings. The summed E-state index contributed by atoms with van der Waals surface area (Å²) in [6, 6.07) is 6.36. The molecule has 1 heterocycles. The van der Waals surface area contributed by atoms with Gasteiger partial charge in [0.25, 0.3) is 0 Å². The van der Waals surface area contributed by atoms with Crippen molar-refractivity contribution < 1.29 is 0 Å². The Labute approximate surface area is 69.8 Å². The highest BCUT2D eigenvalue weighted by Crippen LogP contribution is 2.20. The van der Waals surface area contributed by atoms with E-state index in [1.807, 2.05) is 6.08 Å². The minimum atomic E-state index is 1.19. The molecule has 11 heavy (non-hydrogen) atoms. The fourth-order valence-corrected chi connectivity index (χ4v) is 1.89. The lowest BCUT2D eigenvalue weighted by atomic mass is 10.1. The zero-order valence-electron chi connectivity index (χ0n) is 6.08. The molecule has 0 saturated heterocycles. The van der Waals surface area contributed by atoms with E-state index in [1.54, 1.807) is 11.3 Å². The van der Waals surface area contributed by atoms with Crippen LogP contribution in [0, 0.1) is 0 Å². The van der Waals surface area contributed by atoms with Crippen LogP contribution in [0.2, 0.25) is 0 Å². The van der Waals surface area contributed by atoms with E-state index in [4.69, 9.17) is 0 Å². The van der Waals surface area contributed by atoms with Gasteiger partial charge in [-0.1, -0.05) is 24.8 Å². The average molecular weight is 160 g/mol. The molecule has 0 N–H and O–H groups in total. The Hall–Kier alpha value is -1.08. The molecular weight excluding hydrogens is 152 g/mol. The zero-order valence-corrected chi connectivity index (χ0v) is 6.90. The molecule has 0 atom stereocenters. The average Bonchev–Trinajstić information content (AvgIpc) is 2.50. The summed E-state index contributed by atoms with van der Waals surface area (Å²) in [5.41, 5.74) is 1.19. The molecule has 1 aromatic heterocycles. The lowest BCUT2D eigenvalue weighted by Crippen LogP contribution is -1.68. The number of thiophene rings is 1. The number of benzene rings is 1. The Bertz CT molecular complexity index is 384. The van der Waals surface area contributed by atoms with Crippen LogP contribution in [0.25, 0.3) is 16.8 Å². The van der Waals surface area contributed by atoms with Gasteiger partial charge in [0.1, 0.15) is 0 Å². The van der Waals surface area contributed by atoms with Gasteiger partial charge in [-0.25, -0.2) is 0 Å². The van der Waals surface area contributed by atoms with Crippen molar-refractivity contribution in [2.75, 3.05) is 0 Å². The van der Waals surface area contributed by atoms with E-state index in [9.17, 15) is 0 Å². The van der Waals surface area contributed by atoms with E-state index in [2.05, 4.69) is 35.5 Å². The lowest BCUT2D eigenvalue weighted by molar-refractivity contribution is 1.77. The minimum absolute atomic E-state index is 1.19. The van der Waals surface area contributed by atoms with Gasteiger partial charge in [-0.2, -0.15) is 11.3 Å². The highest BCUT2D eigenvalue weighted by atomic mass is 32.1. The van der Waals surface area contributed by atoms with E-state index in [1.165, 1.54) is 16.3 Å². The van der Waals surface area contributed by atoms with Crippen molar-refractivity contribution >= 4 is 28.2 Å². The molecule has 0 nitrogen and oxygen atoms in total. The van der Waals surface area contributed by atoms with Crippen molar-refractivity contribution in [2.24, 2.45) is 0 Å². The molecule has 0 spiro atoms. The van der Waals surface area contributed by atoms with E-state index in [0.717, 1.165) is 0 Å². The third-order valence-electron chi connectivity index (χ3n) is 1.74. The lowest BCUT2D eigenvalue weighted by Gasteiger charge is -1.91. The summed E-state index contributed by atoms with van der Waals surface area (Å²) in [5, 5.41) is 6.94. The SMILES string of the molecule is C=Cc1ccc2cscc2c1. The van der Waals surface area contributed by atoms with Crippen LogP contribution in [-0.4, -0.2) is 0 Å².